The van der Waals surface area contributed by atoms with E-state index in [1.165, 1.54) is 21.3 Å². The van der Waals surface area contributed by atoms with Gasteiger partial charge in [0, 0.05) is 33.5 Å². The molecule has 5 heteroatoms. The van der Waals surface area contributed by atoms with Crippen LogP contribution >= 0.6 is 0 Å². The number of esters is 1. The second kappa shape index (κ2) is 4.72. The molecule has 1 rings (SSSR count). The molecule has 5 nitrogen and oxygen atoms in total. The normalized spacial score (nSPS) is 25.0. The maximum Gasteiger partial charge on any atom is 0.316 e. The molecule has 15 heavy (non-hydrogen) atoms. The van der Waals surface area contributed by atoms with Crippen LogP contribution in [0, 0.1) is 5.92 Å². The largest absolute Gasteiger partial charge is 0.468 e. The summed E-state index contributed by atoms with van der Waals surface area (Å²) in [4.78, 5) is 22.8. The average molecular weight is 216 g/mol. The minimum atomic E-state index is -0.827. The van der Waals surface area contributed by atoms with Gasteiger partial charge in [0.25, 0.3) is 0 Å². The Morgan fingerprint density at radius 3 is 2.40 bits per heavy atom. The highest BCUT2D eigenvalue weighted by Crippen LogP contribution is 2.34. The lowest BCUT2D eigenvalue weighted by Crippen LogP contribution is -2.45. The topological polar surface area (TPSA) is 61.8 Å². The molecule has 1 aliphatic carbocycles. The standard InChI is InChI=1S/C10H16O5/c1-13-9(12)7-6-10(14-2,15-3)5-4-8(7)11/h7H,4-6H2,1-3H3. The van der Waals surface area contributed by atoms with E-state index >= 15 is 0 Å². The molecule has 1 fully saturated rings. The summed E-state index contributed by atoms with van der Waals surface area (Å²) in [5.41, 5.74) is 0. The van der Waals surface area contributed by atoms with Gasteiger partial charge >= 0.3 is 5.97 Å². The molecule has 1 atom stereocenters. The first kappa shape index (κ1) is 12.1. The molecular formula is C10H16O5. The molecule has 1 saturated carbocycles. The zero-order valence-corrected chi connectivity index (χ0v) is 9.24. The van der Waals surface area contributed by atoms with Gasteiger partial charge in [0.05, 0.1) is 7.11 Å². The Balaban J connectivity index is 2.79. The first-order valence-corrected chi connectivity index (χ1v) is 4.79. The Bertz CT molecular complexity index is 249. The zero-order valence-electron chi connectivity index (χ0n) is 9.24. The van der Waals surface area contributed by atoms with Gasteiger partial charge in [0.1, 0.15) is 11.7 Å². The number of ketones is 1. The van der Waals surface area contributed by atoms with Gasteiger partial charge in [-0.1, -0.05) is 0 Å². The Morgan fingerprint density at radius 1 is 1.33 bits per heavy atom. The molecule has 1 aliphatic rings. The molecule has 0 bridgehead atoms. The van der Waals surface area contributed by atoms with Crippen molar-refractivity contribution in [3.63, 3.8) is 0 Å². The van der Waals surface area contributed by atoms with Crippen molar-refractivity contribution in [3.8, 4) is 0 Å². The molecule has 86 valence electrons. The minimum absolute atomic E-state index is 0.105. The van der Waals surface area contributed by atoms with Crippen LogP contribution in [-0.2, 0) is 23.8 Å². The fourth-order valence-electron chi connectivity index (χ4n) is 1.83. The zero-order chi connectivity index (χ0) is 11.5. The van der Waals surface area contributed by atoms with E-state index in [9.17, 15) is 9.59 Å². The third kappa shape index (κ3) is 2.35. The summed E-state index contributed by atoms with van der Waals surface area (Å²) in [5, 5.41) is 0. The molecule has 0 aliphatic heterocycles. The van der Waals surface area contributed by atoms with E-state index in [1.807, 2.05) is 0 Å². The number of hydrogen-bond acceptors (Lipinski definition) is 5. The average Bonchev–Trinajstić information content (AvgIpc) is 2.29. The predicted octanol–water partition coefficient (Wildman–Crippen LogP) is 0.518. The van der Waals surface area contributed by atoms with E-state index in [0.29, 0.717) is 6.42 Å². The van der Waals surface area contributed by atoms with Crippen molar-refractivity contribution in [1.82, 2.24) is 0 Å². The van der Waals surface area contributed by atoms with Crippen LogP contribution in [0.5, 0.6) is 0 Å². The van der Waals surface area contributed by atoms with Gasteiger partial charge in [-0.3, -0.25) is 9.59 Å². The number of carbonyl (C=O) groups is 2. The molecule has 0 aromatic heterocycles. The van der Waals surface area contributed by atoms with Crippen LogP contribution in [0.2, 0.25) is 0 Å². The molecule has 0 amide bonds. The third-order valence-electron chi connectivity index (χ3n) is 2.89. The van der Waals surface area contributed by atoms with Gasteiger partial charge in [-0.05, 0) is 0 Å². The first-order chi connectivity index (χ1) is 7.08. The summed E-state index contributed by atoms with van der Waals surface area (Å²) < 4.78 is 15.0. The highest BCUT2D eigenvalue weighted by atomic mass is 16.7. The smallest absolute Gasteiger partial charge is 0.316 e. The van der Waals surface area contributed by atoms with E-state index in [2.05, 4.69) is 4.74 Å². The van der Waals surface area contributed by atoms with Gasteiger partial charge in [-0.25, -0.2) is 0 Å². The Kier molecular flexibility index (Phi) is 3.82. The quantitative estimate of drug-likeness (QED) is 0.391. The molecule has 0 aromatic carbocycles. The minimum Gasteiger partial charge on any atom is -0.468 e. The van der Waals surface area contributed by atoms with Crippen molar-refractivity contribution in [2.24, 2.45) is 5.92 Å². The first-order valence-electron chi connectivity index (χ1n) is 4.79. The van der Waals surface area contributed by atoms with Crippen molar-refractivity contribution >= 4 is 11.8 Å². The van der Waals surface area contributed by atoms with Crippen molar-refractivity contribution in [3.05, 3.63) is 0 Å². The van der Waals surface area contributed by atoms with E-state index in [1.54, 1.807) is 0 Å². The number of ether oxygens (including phenoxy) is 3. The van der Waals surface area contributed by atoms with Gasteiger partial charge < -0.3 is 14.2 Å². The monoisotopic (exact) mass is 216 g/mol. The molecule has 0 heterocycles. The van der Waals surface area contributed by atoms with Crippen LogP contribution in [0.1, 0.15) is 19.3 Å². The van der Waals surface area contributed by atoms with E-state index < -0.39 is 17.7 Å². The Hall–Kier alpha value is -0.940. The summed E-state index contributed by atoms with van der Waals surface area (Å²) in [6.07, 6.45) is 0.985. The van der Waals surface area contributed by atoms with Crippen molar-refractivity contribution in [2.75, 3.05) is 21.3 Å². The van der Waals surface area contributed by atoms with Crippen LogP contribution in [-0.4, -0.2) is 38.9 Å². The maximum atomic E-state index is 11.5. The number of methoxy groups -OCH3 is 3. The second-order valence-electron chi connectivity index (χ2n) is 3.57. The summed E-state index contributed by atoms with van der Waals surface area (Å²) in [6, 6.07) is 0. The number of hydrogen-bond donors (Lipinski definition) is 0. The fourth-order valence-corrected chi connectivity index (χ4v) is 1.83. The van der Waals surface area contributed by atoms with E-state index in [4.69, 9.17) is 9.47 Å². The van der Waals surface area contributed by atoms with E-state index in [-0.39, 0.29) is 18.6 Å². The van der Waals surface area contributed by atoms with Crippen LogP contribution in [0.15, 0.2) is 0 Å². The SMILES string of the molecule is COC(=O)C1CC(OC)(OC)CCC1=O. The third-order valence-corrected chi connectivity index (χ3v) is 2.89. The van der Waals surface area contributed by atoms with Crippen LogP contribution in [0.4, 0.5) is 0 Å². The Morgan fingerprint density at radius 2 is 1.93 bits per heavy atom. The maximum absolute atomic E-state index is 11.5. The lowest BCUT2D eigenvalue weighted by molar-refractivity contribution is -0.230. The van der Waals surface area contributed by atoms with E-state index in [0.717, 1.165) is 0 Å². The molecule has 0 aromatic rings. The molecule has 0 saturated heterocycles. The molecular weight excluding hydrogens is 200 g/mol. The summed E-state index contributed by atoms with van der Waals surface area (Å²) in [6.45, 7) is 0. The van der Waals surface area contributed by atoms with Crippen LogP contribution < -0.4 is 0 Å². The molecule has 1 unspecified atom stereocenters. The van der Waals surface area contributed by atoms with Gasteiger partial charge in [0.15, 0.2) is 5.79 Å². The highest BCUT2D eigenvalue weighted by molar-refractivity contribution is 5.99. The van der Waals surface area contributed by atoms with Crippen LogP contribution in [0.3, 0.4) is 0 Å². The van der Waals surface area contributed by atoms with Gasteiger partial charge in [0.2, 0.25) is 0 Å². The van der Waals surface area contributed by atoms with Crippen molar-refractivity contribution < 1.29 is 23.8 Å². The molecule has 0 N–H and O–H groups in total. The van der Waals surface area contributed by atoms with Crippen molar-refractivity contribution in [1.29, 1.82) is 0 Å². The molecule has 0 spiro atoms. The van der Waals surface area contributed by atoms with Crippen LogP contribution in [0.25, 0.3) is 0 Å². The van der Waals surface area contributed by atoms with Gasteiger partial charge in [-0.2, -0.15) is 0 Å². The summed E-state index contributed by atoms with van der Waals surface area (Å²) in [5.74, 6) is -2.21. The molecule has 0 radical (unpaired) electrons. The van der Waals surface area contributed by atoms with Crippen molar-refractivity contribution in [2.45, 2.75) is 25.0 Å². The lowest BCUT2D eigenvalue weighted by Gasteiger charge is -2.36. The number of rotatable bonds is 3. The number of Topliss-reactive ketones (excluding diaryl/α,β-unsaturated/α-hetero) is 1. The lowest BCUT2D eigenvalue weighted by atomic mass is 9.83. The Labute approximate surface area is 88.7 Å². The summed E-state index contributed by atoms with van der Waals surface area (Å²) >= 11 is 0. The summed E-state index contributed by atoms with van der Waals surface area (Å²) in [7, 11) is 4.28. The highest BCUT2D eigenvalue weighted by Gasteiger charge is 2.44. The van der Waals surface area contributed by atoms with Gasteiger partial charge in [-0.15, -0.1) is 0 Å². The predicted molar refractivity (Wildman–Crippen MR) is 51.1 cm³/mol. The number of carbonyl (C=O) groups excluding carboxylic acids is 2. The fraction of sp³-hybridized carbons (Fsp3) is 0.800. The second-order valence-corrected chi connectivity index (χ2v) is 3.57.